The van der Waals surface area contributed by atoms with Crippen molar-refractivity contribution in [2.24, 2.45) is 5.92 Å². The summed E-state index contributed by atoms with van der Waals surface area (Å²) in [6.07, 6.45) is 2.49. The fraction of sp³-hybridized carbons (Fsp3) is 0.833. The maximum absolute atomic E-state index is 11.3. The molecule has 0 unspecified atom stereocenters. The number of hydrogen-bond acceptors (Lipinski definition) is 4. The van der Waals surface area contributed by atoms with Gasteiger partial charge in [0.15, 0.2) is 0 Å². The lowest BCUT2D eigenvalue weighted by Gasteiger charge is -2.34. The largest absolute Gasteiger partial charge is 0.446 e. The van der Waals surface area contributed by atoms with Crippen molar-refractivity contribution in [1.29, 1.82) is 0 Å². The molecular formula is C12H22N2O4. The molecular weight excluding hydrogens is 236 g/mol. The lowest BCUT2D eigenvalue weighted by atomic mass is 9.83. The van der Waals surface area contributed by atoms with Gasteiger partial charge in [0.2, 0.25) is 0 Å². The van der Waals surface area contributed by atoms with Crippen LogP contribution in [0.5, 0.6) is 0 Å². The van der Waals surface area contributed by atoms with E-state index in [0.29, 0.717) is 0 Å². The number of hydrogen-bond donors (Lipinski definition) is 2. The molecule has 0 aromatic rings. The predicted octanol–water partition coefficient (Wildman–Crippen LogP) is 1.65. The Labute approximate surface area is 107 Å². The van der Waals surface area contributed by atoms with E-state index in [2.05, 4.69) is 10.6 Å². The van der Waals surface area contributed by atoms with Crippen LogP contribution in [0, 0.1) is 5.92 Å². The molecule has 3 atom stereocenters. The van der Waals surface area contributed by atoms with Crippen molar-refractivity contribution in [1.82, 2.24) is 10.6 Å². The molecule has 2 amide bonds. The zero-order valence-electron chi connectivity index (χ0n) is 11.2. The molecule has 6 heteroatoms. The van der Waals surface area contributed by atoms with Gasteiger partial charge in [-0.1, -0.05) is 6.42 Å². The van der Waals surface area contributed by atoms with Crippen LogP contribution in [0.1, 0.15) is 32.6 Å². The Kier molecular flexibility index (Phi) is 5.74. The first-order valence-corrected chi connectivity index (χ1v) is 6.35. The van der Waals surface area contributed by atoms with Gasteiger partial charge in [-0.3, -0.25) is 0 Å². The Morgan fingerprint density at radius 1 is 1.11 bits per heavy atom. The number of amides is 2. The monoisotopic (exact) mass is 258 g/mol. The molecule has 1 aliphatic rings. The van der Waals surface area contributed by atoms with Gasteiger partial charge in [0, 0.05) is 20.0 Å². The summed E-state index contributed by atoms with van der Waals surface area (Å²) in [6.45, 7) is 1.84. The van der Waals surface area contributed by atoms with E-state index in [1.165, 1.54) is 14.1 Å². The van der Waals surface area contributed by atoms with Gasteiger partial charge in [-0.15, -0.1) is 0 Å². The van der Waals surface area contributed by atoms with E-state index in [-0.39, 0.29) is 18.1 Å². The highest BCUT2D eigenvalue weighted by atomic mass is 16.6. The Morgan fingerprint density at radius 3 is 2.33 bits per heavy atom. The zero-order chi connectivity index (χ0) is 13.5. The second-order valence-corrected chi connectivity index (χ2v) is 4.50. The average Bonchev–Trinajstić information content (AvgIpc) is 2.38. The second-order valence-electron chi connectivity index (χ2n) is 4.50. The number of carbonyl (C=O) groups excluding carboxylic acids is 2. The van der Waals surface area contributed by atoms with E-state index in [1.807, 2.05) is 6.92 Å². The van der Waals surface area contributed by atoms with E-state index in [4.69, 9.17) is 9.47 Å². The van der Waals surface area contributed by atoms with Crippen LogP contribution in [-0.4, -0.2) is 38.5 Å². The summed E-state index contributed by atoms with van der Waals surface area (Å²) >= 11 is 0. The Morgan fingerprint density at radius 2 is 1.72 bits per heavy atom. The van der Waals surface area contributed by atoms with Crippen molar-refractivity contribution in [3.63, 3.8) is 0 Å². The van der Waals surface area contributed by atoms with E-state index in [9.17, 15) is 9.59 Å². The van der Waals surface area contributed by atoms with Gasteiger partial charge in [0.1, 0.15) is 12.2 Å². The molecule has 0 radical (unpaired) electrons. The van der Waals surface area contributed by atoms with Crippen LogP contribution in [0.15, 0.2) is 0 Å². The minimum atomic E-state index is -0.452. The summed E-state index contributed by atoms with van der Waals surface area (Å²) in [5.74, 6) is 0.0633. The molecule has 0 aliphatic heterocycles. The van der Waals surface area contributed by atoms with Crippen LogP contribution < -0.4 is 10.6 Å². The fourth-order valence-corrected chi connectivity index (χ4v) is 2.32. The molecule has 0 saturated heterocycles. The minimum absolute atomic E-state index is 0.0633. The first-order chi connectivity index (χ1) is 8.58. The second kappa shape index (κ2) is 7.08. The summed E-state index contributed by atoms with van der Waals surface area (Å²) in [5, 5.41) is 4.86. The molecule has 1 aliphatic carbocycles. The molecule has 0 spiro atoms. The van der Waals surface area contributed by atoms with Crippen molar-refractivity contribution in [2.45, 2.75) is 44.8 Å². The smallest absolute Gasteiger partial charge is 0.407 e. The van der Waals surface area contributed by atoms with Crippen LogP contribution >= 0.6 is 0 Å². The lowest BCUT2D eigenvalue weighted by molar-refractivity contribution is -0.0219. The molecule has 0 bridgehead atoms. The third kappa shape index (κ3) is 4.09. The van der Waals surface area contributed by atoms with Gasteiger partial charge in [-0.2, -0.15) is 0 Å². The van der Waals surface area contributed by atoms with Crippen molar-refractivity contribution >= 4 is 12.2 Å². The summed E-state index contributed by atoms with van der Waals surface area (Å²) in [6, 6.07) is 0. The summed E-state index contributed by atoms with van der Waals surface area (Å²) in [7, 11) is 3.05. The van der Waals surface area contributed by atoms with Crippen LogP contribution in [-0.2, 0) is 9.47 Å². The molecule has 1 fully saturated rings. The SMILES string of the molecule is CNC(=O)O[C@@H](C)[C@@H]1CCCC[C@@H]1OC(=O)NC. The van der Waals surface area contributed by atoms with E-state index >= 15 is 0 Å². The van der Waals surface area contributed by atoms with E-state index in [0.717, 1.165) is 25.7 Å². The number of alkyl carbamates (subject to hydrolysis) is 2. The van der Waals surface area contributed by atoms with Crippen LogP contribution in [0.4, 0.5) is 9.59 Å². The maximum atomic E-state index is 11.3. The molecule has 0 aromatic carbocycles. The molecule has 0 aromatic heterocycles. The zero-order valence-corrected chi connectivity index (χ0v) is 11.2. The highest BCUT2D eigenvalue weighted by molar-refractivity contribution is 5.67. The molecule has 1 saturated carbocycles. The van der Waals surface area contributed by atoms with Crippen molar-refractivity contribution in [2.75, 3.05) is 14.1 Å². The minimum Gasteiger partial charge on any atom is -0.446 e. The molecule has 2 N–H and O–H groups in total. The van der Waals surface area contributed by atoms with Crippen molar-refractivity contribution in [3.05, 3.63) is 0 Å². The first kappa shape index (κ1) is 14.6. The summed E-state index contributed by atoms with van der Waals surface area (Å²) in [5.41, 5.74) is 0. The number of carbonyl (C=O) groups is 2. The van der Waals surface area contributed by atoms with Crippen LogP contribution in [0.2, 0.25) is 0 Å². The van der Waals surface area contributed by atoms with E-state index in [1.54, 1.807) is 0 Å². The number of rotatable bonds is 3. The molecule has 0 heterocycles. The lowest BCUT2D eigenvalue weighted by Crippen LogP contribution is -2.41. The predicted molar refractivity (Wildman–Crippen MR) is 66.3 cm³/mol. The van der Waals surface area contributed by atoms with Crippen molar-refractivity contribution < 1.29 is 19.1 Å². The maximum Gasteiger partial charge on any atom is 0.407 e. The fourth-order valence-electron chi connectivity index (χ4n) is 2.32. The Balaban J connectivity index is 2.57. The van der Waals surface area contributed by atoms with Gasteiger partial charge in [-0.05, 0) is 26.2 Å². The molecule has 104 valence electrons. The molecule has 6 nitrogen and oxygen atoms in total. The summed E-state index contributed by atoms with van der Waals surface area (Å²) < 4.78 is 10.6. The number of nitrogens with one attached hydrogen (secondary N) is 2. The van der Waals surface area contributed by atoms with Gasteiger partial charge in [0.05, 0.1) is 0 Å². The van der Waals surface area contributed by atoms with Crippen LogP contribution in [0.3, 0.4) is 0 Å². The van der Waals surface area contributed by atoms with Gasteiger partial charge < -0.3 is 20.1 Å². The highest BCUT2D eigenvalue weighted by Crippen LogP contribution is 2.30. The third-order valence-electron chi connectivity index (χ3n) is 3.32. The molecule has 18 heavy (non-hydrogen) atoms. The number of ether oxygens (including phenoxy) is 2. The van der Waals surface area contributed by atoms with Gasteiger partial charge in [-0.25, -0.2) is 9.59 Å². The van der Waals surface area contributed by atoms with Gasteiger partial charge >= 0.3 is 12.2 Å². The first-order valence-electron chi connectivity index (χ1n) is 6.35. The summed E-state index contributed by atoms with van der Waals surface area (Å²) in [4.78, 5) is 22.5. The standard InChI is InChI=1S/C12H22N2O4/c1-8(17-11(15)13-2)9-6-4-5-7-10(9)18-12(16)14-3/h8-10H,4-7H2,1-3H3,(H,13,15)(H,14,16)/t8-,9-,10-/m0/s1. The average molecular weight is 258 g/mol. The van der Waals surface area contributed by atoms with Gasteiger partial charge in [0.25, 0.3) is 0 Å². The van der Waals surface area contributed by atoms with Crippen LogP contribution in [0.25, 0.3) is 0 Å². The topological polar surface area (TPSA) is 76.7 Å². The van der Waals surface area contributed by atoms with Crippen molar-refractivity contribution in [3.8, 4) is 0 Å². The molecule has 1 rings (SSSR count). The normalized spacial score (nSPS) is 24.8. The Bertz CT molecular complexity index is 296. The van der Waals surface area contributed by atoms with E-state index < -0.39 is 12.2 Å². The third-order valence-corrected chi connectivity index (χ3v) is 3.32. The highest BCUT2D eigenvalue weighted by Gasteiger charge is 2.34. The quantitative estimate of drug-likeness (QED) is 0.807. The Hall–Kier alpha value is -1.46.